The van der Waals surface area contributed by atoms with E-state index >= 15 is 0 Å². The number of aromatic nitrogens is 2. The first kappa shape index (κ1) is 17.4. The van der Waals surface area contributed by atoms with E-state index in [1.165, 1.54) is 4.68 Å². The molecule has 1 aliphatic rings. The van der Waals surface area contributed by atoms with Gasteiger partial charge in [-0.15, -0.1) is 0 Å². The maximum Gasteiger partial charge on any atom is 0.327 e. The number of carbonyl (C=O) groups is 2. The number of nitrogens with one attached hydrogen (secondary N) is 1. The predicted octanol–water partition coefficient (Wildman–Crippen LogP) is 1.29. The maximum absolute atomic E-state index is 12.0. The number of hydrogen-bond donors (Lipinski definition) is 3. The molecular formula is C17H22N4O4. The first-order chi connectivity index (χ1) is 12.0. The second-order valence-electron chi connectivity index (χ2n) is 6.22. The third kappa shape index (κ3) is 4.15. The van der Waals surface area contributed by atoms with Gasteiger partial charge in [0.2, 0.25) is 5.91 Å². The number of nitrogens with two attached hydrogens (primary N) is 1. The molecule has 1 aromatic carbocycles. The molecule has 0 spiro atoms. The van der Waals surface area contributed by atoms with E-state index in [9.17, 15) is 14.7 Å². The molecule has 1 aromatic heterocycles. The summed E-state index contributed by atoms with van der Waals surface area (Å²) in [6.07, 6.45) is 1.45. The summed E-state index contributed by atoms with van der Waals surface area (Å²) in [7, 11) is 0. The van der Waals surface area contributed by atoms with Crippen molar-refractivity contribution >= 4 is 28.5 Å². The number of fused-ring (bicyclic) bond motifs is 1. The summed E-state index contributed by atoms with van der Waals surface area (Å²) in [5.41, 5.74) is 7.07. The number of aliphatic hydroxyl groups is 1. The zero-order valence-electron chi connectivity index (χ0n) is 14.1. The van der Waals surface area contributed by atoms with Gasteiger partial charge in [-0.3, -0.25) is 14.3 Å². The van der Waals surface area contributed by atoms with Crippen LogP contribution >= 0.6 is 0 Å². The minimum Gasteiger partial charge on any atom is -0.465 e. The quantitative estimate of drug-likeness (QED) is 0.513. The third-order valence-corrected chi connectivity index (χ3v) is 4.10. The molecule has 1 atom stereocenters. The normalized spacial score (nSPS) is 15.2. The van der Waals surface area contributed by atoms with Crippen molar-refractivity contribution in [3.05, 3.63) is 23.9 Å². The molecule has 1 unspecified atom stereocenters. The molecule has 1 saturated carbocycles. The van der Waals surface area contributed by atoms with E-state index in [1.807, 2.05) is 0 Å². The van der Waals surface area contributed by atoms with Gasteiger partial charge in [0.1, 0.15) is 18.5 Å². The standard InChI is InChI=1S/C17H22N4O4/c1-2-25-15(23)9-21-13-6-5-11(19-14(22)7-10-3-4-10)8-12(13)16(20-21)17(18)24/h5-6,8,10,17,24H,2-4,7,9,18H2,1H3,(H,19,22). The zero-order chi connectivity index (χ0) is 18.0. The lowest BCUT2D eigenvalue weighted by Gasteiger charge is -2.06. The minimum absolute atomic E-state index is 0.0318. The van der Waals surface area contributed by atoms with Gasteiger partial charge >= 0.3 is 5.97 Å². The van der Waals surface area contributed by atoms with E-state index in [0.29, 0.717) is 28.9 Å². The number of rotatable bonds is 7. The minimum atomic E-state index is -1.29. The topological polar surface area (TPSA) is 119 Å². The Hall–Kier alpha value is -2.45. The number of ether oxygens (including phenoxy) is 1. The average molecular weight is 346 g/mol. The van der Waals surface area contributed by atoms with Crippen LogP contribution in [0.15, 0.2) is 18.2 Å². The van der Waals surface area contributed by atoms with Crippen LogP contribution in [-0.2, 0) is 20.9 Å². The van der Waals surface area contributed by atoms with Crippen LogP contribution in [0.5, 0.6) is 0 Å². The zero-order valence-corrected chi connectivity index (χ0v) is 14.1. The van der Waals surface area contributed by atoms with E-state index in [2.05, 4.69) is 10.4 Å². The SMILES string of the molecule is CCOC(=O)Cn1nc(C(N)O)c2cc(NC(=O)CC3CC3)ccc21. The number of anilines is 1. The summed E-state index contributed by atoms with van der Waals surface area (Å²) in [5, 5.41) is 17.4. The van der Waals surface area contributed by atoms with E-state index in [1.54, 1.807) is 25.1 Å². The lowest BCUT2D eigenvalue weighted by Crippen LogP contribution is -2.15. The molecule has 3 rings (SSSR count). The van der Waals surface area contributed by atoms with E-state index < -0.39 is 12.2 Å². The number of aliphatic hydroxyl groups excluding tert-OH is 1. The van der Waals surface area contributed by atoms with Crippen molar-refractivity contribution < 1.29 is 19.4 Å². The fraction of sp³-hybridized carbons (Fsp3) is 0.471. The molecule has 0 radical (unpaired) electrons. The van der Waals surface area contributed by atoms with Crippen molar-refractivity contribution in [1.82, 2.24) is 9.78 Å². The summed E-state index contributed by atoms with van der Waals surface area (Å²) in [6, 6.07) is 5.18. The Morgan fingerprint density at radius 2 is 2.24 bits per heavy atom. The molecule has 0 saturated heterocycles. The molecule has 25 heavy (non-hydrogen) atoms. The average Bonchev–Trinajstić information content (AvgIpc) is 3.28. The summed E-state index contributed by atoms with van der Waals surface area (Å²) >= 11 is 0. The van der Waals surface area contributed by atoms with Crippen molar-refractivity contribution in [3.63, 3.8) is 0 Å². The van der Waals surface area contributed by atoms with Crippen LogP contribution < -0.4 is 11.1 Å². The molecule has 134 valence electrons. The van der Waals surface area contributed by atoms with Crippen molar-refractivity contribution in [2.45, 2.75) is 39.0 Å². The number of nitrogens with zero attached hydrogens (tertiary/aromatic N) is 2. The molecule has 1 aliphatic carbocycles. The maximum atomic E-state index is 12.0. The van der Waals surface area contributed by atoms with Gasteiger partial charge in [-0.2, -0.15) is 5.10 Å². The lowest BCUT2D eigenvalue weighted by atomic mass is 10.1. The highest BCUT2D eigenvalue weighted by molar-refractivity contribution is 5.94. The number of benzene rings is 1. The highest BCUT2D eigenvalue weighted by atomic mass is 16.5. The molecule has 1 heterocycles. The molecule has 4 N–H and O–H groups in total. The number of amides is 1. The van der Waals surface area contributed by atoms with Crippen LogP contribution in [0.25, 0.3) is 10.9 Å². The van der Waals surface area contributed by atoms with Crippen molar-refractivity contribution in [3.8, 4) is 0 Å². The number of esters is 1. The first-order valence-corrected chi connectivity index (χ1v) is 8.37. The molecule has 0 bridgehead atoms. The highest BCUT2D eigenvalue weighted by Crippen LogP contribution is 2.33. The van der Waals surface area contributed by atoms with Crippen molar-refractivity contribution in [1.29, 1.82) is 0 Å². The van der Waals surface area contributed by atoms with E-state index in [0.717, 1.165) is 12.8 Å². The summed E-state index contributed by atoms with van der Waals surface area (Å²) in [4.78, 5) is 23.7. The second kappa shape index (κ2) is 7.20. The first-order valence-electron chi connectivity index (χ1n) is 8.37. The highest BCUT2D eigenvalue weighted by Gasteiger charge is 2.24. The van der Waals surface area contributed by atoms with Crippen LogP contribution in [0.4, 0.5) is 5.69 Å². The Morgan fingerprint density at radius 1 is 1.48 bits per heavy atom. The number of carbonyl (C=O) groups excluding carboxylic acids is 2. The monoisotopic (exact) mass is 346 g/mol. The smallest absolute Gasteiger partial charge is 0.327 e. The van der Waals surface area contributed by atoms with Gasteiger partial charge in [-0.1, -0.05) is 0 Å². The largest absolute Gasteiger partial charge is 0.465 e. The fourth-order valence-electron chi connectivity index (χ4n) is 2.75. The van der Waals surface area contributed by atoms with Crippen LogP contribution in [0, 0.1) is 5.92 Å². The van der Waals surface area contributed by atoms with Crippen LogP contribution in [0.2, 0.25) is 0 Å². The third-order valence-electron chi connectivity index (χ3n) is 4.10. The molecule has 1 amide bonds. The van der Waals surface area contributed by atoms with Gasteiger partial charge in [0.15, 0.2) is 0 Å². The van der Waals surface area contributed by atoms with Crippen molar-refractivity contribution in [2.24, 2.45) is 11.7 Å². The van der Waals surface area contributed by atoms with Gasteiger partial charge in [0.25, 0.3) is 0 Å². The molecular weight excluding hydrogens is 324 g/mol. The molecule has 1 fully saturated rings. The van der Waals surface area contributed by atoms with Crippen LogP contribution in [0.3, 0.4) is 0 Å². The Bertz CT molecular complexity index is 795. The van der Waals surface area contributed by atoms with Gasteiger partial charge < -0.3 is 20.9 Å². The van der Waals surface area contributed by atoms with Crippen molar-refractivity contribution in [2.75, 3.05) is 11.9 Å². The molecule has 8 nitrogen and oxygen atoms in total. The van der Waals surface area contributed by atoms with Gasteiger partial charge in [-0.05, 0) is 43.9 Å². The van der Waals surface area contributed by atoms with Crippen LogP contribution in [-0.4, -0.2) is 33.4 Å². The second-order valence-corrected chi connectivity index (χ2v) is 6.22. The van der Waals surface area contributed by atoms with Crippen LogP contribution in [0.1, 0.15) is 38.1 Å². The predicted molar refractivity (Wildman–Crippen MR) is 91.5 cm³/mol. The fourth-order valence-corrected chi connectivity index (χ4v) is 2.75. The number of hydrogen-bond acceptors (Lipinski definition) is 6. The van der Waals surface area contributed by atoms with Gasteiger partial charge in [0.05, 0.1) is 12.1 Å². The Balaban J connectivity index is 1.87. The molecule has 8 heteroatoms. The van der Waals surface area contributed by atoms with Gasteiger partial charge in [0, 0.05) is 17.5 Å². The Morgan fingerprint density at radius 3 is 2.88 bits per heavy atom. The molecule has 2 aromatic rings. The van der Waals surface area contributed by atoms with E-state index in [4.69, 9.17) is 10.5 Å². The molecule has 0 aliphatic heterocycles. The Labute approximate surface area is 144 Å². The summed E-state index contributed by atoms with van der Waals surface area (Å²) in [5.74, 6) is 0.0415. The van der Waals surface area contributed by atoms with E-state index in [-0.39, 0.29) is 24.8 Å². The summed E-state index contributed by atoms with van der Waals surface area (Å²) < 4.78 is 6.37. The van der Waals surface area contributed by atoms with Gasteiger partial charge in [-0.25, -0.2) is 0 Å². The lowest BCUT2D eigenvalue weighted by molar-refractivity contribution is -0.144. The summed E-state index contributed by atoms with van der Waals surface area (Å²) in [6.45, 7) is 1.93. The Kier molecular flexibility index (Phi) is 5.00.